The maximum absolute atomic E-state index is 8.65. The summed E-state index contributed by atoms with van der Waals surface area (Å²) in [6.45, 7) is 2.11. The minimum Gasteiger partial charge on any atom is -0.349 e. The van der Waals surface area contributed by atoms with Gasteiger partial charge in [-0.1, -0.05) is 60.7 Å². The van der Waals surface area contributed by atoms with Gasteiger partial charge in [0.05, 0.1) is 5.52 Å². The highest BCUT2D eigenvalue weighted by Gasteiger charge is 2.14. The molecule has 4 rings (SSSR count). The molecular formula is C22H20N2. The molecule has 0 bridgehead atoms. The van der Waals surface area contributed by atoms with Crippen molar-refractivity contribution in [3.05, 3.63) is 83.6 Å². The number of fused-ring (bicyclic) bond motifs is 3. The molecular weight excluding hydrogens is 292 g/mol. The van der Waals surface area contributed by atoms with E-state index in [1.165, 1.54) is 27.4 Å². The second-order valence-corrected chi connectivity index (χ2v) is 6.42. The van der Waals surface area contributed by atoms with Crippen LogP contribution in [0.4, 0.5) is 0 Å². The van der Waals surface area contributed by atoms with Crippen molar-refractivity contribution in [2.24, 2.45) is 7.05 Å². The van der Waals surface area contributed by atoms with Crippen molar-refractivity contribution in [3.63, 3.8) is 0 Å². The predicted octanol–water partition coefficient (Wildman–Crippen LogP) is 5.25. The molecule has 0 atom stereocenters. The Bertz CT molecular complexity index is 1070. The van der Waals surface area contributed by atoms with Crippen LogP contribution in [0.1, 0.15) is 16.7 Å². The van der Waals surface area contributed by atoms with Crippen molar-refractivity contribution in [3.8, 4) is 0 Å². The van der Waals surface area contributed by atoms with E-state index in [-0.39, 0.29) is 0 Å². The van der Waals surface area contributed by atoms with E-state index in [4.69, 9.17) is 5.41 Å². The normalized spacial score (nSPS) is 11.2. The lowest BCUT2D eigenvalue weighted by molar-refractivity contribution is 0.971. The third-order valence-corrected chi connectivity index (χ3v) is 4.82. The summed E-state index contributed by atoms with van der Waals surface area (Å²) in [6, 6.07) is 21.1. The second kappa shape index (κ2) is 5.64. The summed E-state index contributed by atoms with van der Waals surface area (Å²) in [5.74, 6) is 0. The average Bonchev–Trinajstić information content (AvgIpc) is 2.94. The largest absolute Gasteiger partial charge is 0.349 e. The van der Waals surface area contributed by atoms with Crippen LogP contribution in [0.25, 0.3) is 21.7 Å². The summed E-state index contributed by atoms with van der Waals surface area (Å²) in [7, 11) is 2.07. The SMILES string of the molecule is Cc1ccccc1CC(=N)c1cn(C)c2c1ccc1ccccc12. The van der Waals surface area contributed by atoms with Gasteiger partial charge in [0.1, 0.15) is 0 Å². The van der Waals surface area contributed by atoms with Crippen LogP contribution in [0, 0.1) is 12.3 Å². The Balaban J connectivity index is 1.84. The Morgan fingerprint density at radius 2 is 1.67 bits per heavy atom. The fraction of sp³-hybridized carbons (Fsp3) is 0.136. The maximum atomic E-state index is 8.65. The lowest BCUT2D eigenvalue weighted by atomic mass is 9.97. The summed E-state index contributed by atoms with van der Waals surface area (Å²) in [6.07, 6.45) is 2.76. The molecule has 0 saturated heterocycles. The van der Waals surface area contributed by atoms with Gasteiger partial charge in [0.25, 0.3) is 0 Å². The smallest absolute Gasteiger partial charge is 0.0564 e. The van der Waals surface area contributed by atoms with Crippen LogP contribution >= 0.6 is 0 Å². The molecule has 4 aromatic rings. The summed E-state index contributed by atoms with van der Waals surface area (Å²) >= 11 is 0. The highest BCUT2D eigenvalue weighted by molar-refractivity contribution is 6.16. The van der Waals surface area contributed by atoms with Crippen LogP contribution in [-0.2, 0) is 13.5 Å². The van der Waals surface area contributed by atoms with Gasteiger partial charge in [-0.05, 0) is 23.4 Å². The zero-order chi connectivity index (χ0) is 16.7. The van der Waals surface area contributed by atoms with Crippen molar-refractivity contribution in [1.82, 2.24) is 4.57 Å². The van der Waals surface area contributed by atoms with Gasteiger partial charge >= 0.3 is 0 Å². The van der Waals surface area contributed by atoms with E-state index in [0.29, 0.717) is 12.1 Å². The minimum atomic E-state index is 0.665. The number of hydrogen-bond donors (Lipinski definition) is 1. The van der Waals surface area contributed by atoms with Gasteiger partial charge < -0.3 is 9.98 Å². The van der Waals surface area contributed by atoms with Crippen molar-refractivity contribution in [2.75, 3.05) is 0 Å². The van der Waals surface area contributed by atoms with Gasteiger partial charge in [-0.2, -0.15) is 0 Å². The van der Waals surface area contributed by atoms with Crippen molar-refractivity contribution in [2.45, 2.75) is 13.3 Å². The fourth-order valence-electron chi connectivity index (χ4n) is 3.51. The molecule has 1 aromatic heterocycles. The molecule has 0 aliphatic carbocycles. The van der Waals surface area contributed by atoms with Crippen LogP contribution in [0.2, 0.25) is 0 Å². The molecule has 1 N–H and O–H groups in total. The molecule has 0 unspecified atom stereocenters. The van der Waals surface area contributed by atoms with E-state index in [1.54, 1.807) is 0 Å². The number of nitrogens with zero attached hydrogens (tertiary/aromatic N) is 1. The Hall–Kier alpha value is -2.87. The third-order valence-electron chi connectivity index (χ3n) is 4.82. The first-order chi connectivity index (χ1) is 11.6. The molecule has 0 aliphatic heterocycles. The highest BCUT2D eigenvalue weighted by Crippen LogP contribution is 2.29. The Morgan fingerprint density at radius 3 is 2.50 bits per heavy atom. The van der Waals surface area contributed by atoms with Gasteiger partial charge in [0, 0.05) is 41.7 Å². The van der Waals surface area contributed by atoms with Gasteiger partial charge in [-0.25, -0.2) is 0 Å². The summed E-state index contributed by atoms with van der Waals surface area (Å²) in [5.41, 5.74) is 5.37. The predicted molar refractivity (Wildman–Crippen MR) is 102 cm³/mol. The molecule has 0 radical (unpaired) electrons. The first-order valence-electron chi connectivity index (χ1n) is 8.24. The van der Waals surface area contributed by atoms with Crippen molar-refractivity contribution >= 4 is 27.4 Å². The van der Waals surface area contributed by atoms with E-state index in [1.807, 2.05) is 12.1 Å². The van der Waals surface area contributed by atoms with Gasteiger partial charge in [0.2, 0.25) is 0 Å². The highest BCUT2D eigenvalue weighted by atomic mass is 14.9. The monoisotopic (exact) mass is 312 g/mol. The number of nitrogens with one attached hydrogen (secondary N) is 1. The lowest BCUT2D eigenvalue weighted by Crippen LogP contribution is -2.04. The van der Waals surface area contributed by atoms with Gasteiger partial charge in [-0.3, -0.25) is 0 Å². The summed E-state index contributed by atoms with van der Waals surface area (Å²) < 4.78 is 2.15. The molecule has 0 amide bonds. The first-order valence-corrected chi connectivity index (χ1v) is 8.24. The van der Waals surface area contributed by atoms with E-state index >= 15 is 0 Å². The molecule has 0 fully saturated rings. The molecule has 0 aliphatic rings. The van der Waals surface area contributed by atoms with E-state index < -0.39 is 0 Å². The molecule has 1 heterocycles. The average molecular weight is 312 g/mol. The Morgan fingerprint density at radius 1 is 0.917 bits per heavy atom. The van der Waals surface area contributed by atoms with Gasteiger partial charge in [-0.15, -0.1) is 0 Å². The Kier molecular flexibility index (Phi) is 3.46. The standard InChI is InChI=1S/C22H20N2/c1-15-7-3-4-9-17(15)13-21(23)20-14-24(2)22-18-10-6-5-8-16(18)11-12-19(20)22/h3-12,14,23H,13H2,1-2H3. The Labute approximate surface area is 141 Å². The molecule has 2 heteroatoms. The number of hydrogen-bond acceptors (Lipinski definition) is 1. The van der Waals surface area contributed by atoms with E-state index in [0.717, 1.165) is 10.9 Å². The van der Waals surface area contributed by atoms with E-state index in [2.05, 4.69) is 73.3 Å². The van der Waals surface area contributed by atoms with Crippen LogP contribution < -0.4 is 0 Å². The summed E-state index contributed by atoms with van der Waals surface area (Å²) in [5, 5.41) is 12.3. The minimum absolute atomic E-state index is 0.665. The molecule has 118 valence electrons. The maximum Gasteiger partial charge on any atom is 0.0564 e. The number of rotatable bonds is 3. The lowest BCUT2D eigenvalue weighted by Gasteiger charge is -2.07. The zero-order valence-corrected chi connectivity index (χ0v) is 14.0. The van der Waals surface area contributed by atoms with E-state index in [9.17, 15) is 0 Å². The summed E-state index contributed by atoms with van der Waals surface area (Å²) in [4.78, 5) is 0. The zero-order valence-electron chi connectivity index (χ0n) is 14.0. The quantitative estimate of drug-likeness (QED) is 0.501. The van der Waals surface area contributed by atoms with Crippen LogP contribution in [0.15, 0.2) is 66.9 Å². The van der Waals surface area contributed by atoms with Crippen molar-refractivity contribution < 1.29 is 0 Å². The number of aromatic nitrogens is 1. The fourth-order valence-corrected chi connectivity index (χ4v) is 3.51. The molecule has 2 nitrogen and oxygen atoms in total. The molecule has 24 heavy (non-hydrogen) atoms. The third kappa shape index (κ3) is 2.31. The number of benzene rings is 3. The van der Waals surface area contributed by atoms with Crippen LogP contribution in [-0.4, -0.2) is 10.3 Å². The molecule has 3 aromatic carbocycles. The topological polar surface area (TPSA) is 28.8 Å². The molecule has 0 spiro atoms. The van der Waals surface area contributed by atoms with Crippen LogP contribution in [0.3, 0.4) is 0 Å². The van der Waals surface area contributed by atoms with Crippen molar-refractivity contribution in [1.29, 1.82) is 5.41 Å². The number of aryl methyl sites for hydroxylation is 2. The van der Waals surface area contributed by atoms with Gasteiger partial charge in [0.15, 0.2) is 0 Å². The second-order valence-electron chi connectivity index (χ2n) is 6.42. The van der Waals surface area contributed by atoms with Crippen LogP contribution in [0.5, 0.6) is 0 Å². The molecule has 0 saturated carbocycles. The first kappa shape index (κ1) is 14.7.